The van der Waals surface area contributed by atoms with Gasteiger partial charge in [0.2, 0.25) is 0 Å². The molecule has 6 heteroatoms. The number of hydrogen-bond donors (Lipinski definition) is 1. The highest BCUT2D eigenvalue weighted by Gasteiger charge is 2.26. The fourth-order valence-corrected chi connectivity index (χ4v) is 2.66. The number of hydrogen-bond acceptors (Lipinski definition) is 3. The number of aliphatic carboxylic acids is 1. The zero-order valence-electron chi connectivity index (χ0n) is 12.0. The molecule has 1 aliphatic heterocycles. The number of piperazine rings is 1. The topological polar surface area (TPSA) is 43.8 Å². The molecule has 0 bridgehead atoms. The van der Waals surface area contributed by atoms with Gasteiger partial charge in [0.15, 0.2) is 0 Å². The summed E-state index contributed by atoms with van der Waals surface area (Å²) in [5.41, 5.74) is 0.594. The molecule has 1 aromatic carbocycles. The summed E-state index contributed by atoms with van der Waals surface area (Å²) in [6.45, 7) is 3.19. The SMILES string of the molecule is CN1CCN(C(CC(=O)O)c2cccc(C(F)F)c2)CC1. The molecule has 0 aliphatic carbocycles. The Labute approximate surface area is 123 Å². The average Bonchev–Trinajstić information content (AvgIpc) is 2.46. The van der Waals surface area contributed by atoms with Crippen LogP contribution in [0.15, 0.2) is 24.3 Å². The van der Waals surface area contributed by atoms with Gasteiger partial charge in [-0.3, -0.25) is 9.69 Å². The first-order valence-electron chi connectivity index (χ1n) is 7.00. The second kappa shape index (κ2) is 6.95. The summed E-state index contributed by atoms with van der Waals surface area (Å²) >= 11 is 0. The van der Waals surface area contributed by atoms with Crippen LogP contribution in [0.3, 0.4) is 0 Å². The van der Waals surface area contributed by atoms with Crippen LogP contribution in [0.4, 0.5) is 8.78 Å². The van der Waals surface area contributed by atoms with Crippen LogP contribution in [0, 0.1) is 0 Å². The Kier molecular flexibility index (Phi) is 5.25. The van der Waals surface area contributed by atoms with Gasteiger partial charge in [0, 0.05) is 37.8 Å². The smallest absolute Gasteiger partial charge is 0.305 e. The van der Waals surface area contributed by atoms with Gasteiger partial charge in [-0.15, -0.1) is 0 Å². The first kappa shape index (κ1) is 15.9. The molecule has 0 saturated carbocycles. The number of nitrogens with zero attached hydrogens (tertiary/aromatic N) is 2. The molecular formula is C15H20F2N2O2. The minimum absolute atomic E-state index is 0.0583. The molecule has 0 radical (unpaired) electrons. The molecule has 2 rings (SSSR count). The van der Waals surface area contributed by atoms with E-state index in [9.17, 15) is 13.6 Å². The first-order chi connectivity index (χ1) is 9.97. The zero-order valence-corrected chi connectivity index (χ0v) is 12.0. The maximum atomic E-state index is 12.8. The van der Waals surface area contributed by atoms with Crippen LogP contribution < -0.4 is 0 Å². The summed E-state index contributed by atoms with van der Waals surface area (Å²) in [4.78, 5) is 15.4. The van der Waals surface area contributed by atoms with Gasteiger partial charge in [-0.25, -0.2) is 8.78 Å². The summed E-state index contributed by atoms with van der Waals surface area (Å²) < 4.78 is 25.7. The molecule has 1 atom stereocenters. The van der Waals surface area contributed by atoms with Crippen LogP contribution in [0.1, 0.15) is 30.0 Å². The normalized spacial score (nSPS) is 18.9. The molecule has 116 valence electrons. The van der Waals surface area contributed by atoms with Crippen molar-refractivity contribution in [1.29, 1.82) is 0 Å². The zero-order chi connectivity index (χ0) is 15.4. The highest BCUT2D eigenvalue weighted by atomic mass is 19.3. The first-order valence-corrected chi connectivity index (χ1v) is 7.00. The predicted octanol–water partition coefficient (Wildman–Crippen LogP) is 2.39. The van der Waals surface area contributed by atoms with Gasteiger partial charge in [-0.1, -0.05) is 18.2 Å². The largest absolute Gasteiger partial charge is 0.481 e. The third kappa shape index (κ3) is 4.22. The van der Waals surface area contributed by atoms with E-state index in [1.165, 1.54) is 12.1 Å². The van der Waals surface area contributed by atoms with Crippen molar-refractivity contribution in [2.24, 2.45) is 0 Å². The summed E-state index contributed by atoms with van der Waals surface area (Å²) in [7, 11) is 2.01. The third-order valence-corrected chi connectivity index (χ3v) is 3.89. The minimum Gasteiger partial charge on any atom is -0.481 e. The number of carbonyl (C=O) groups is 1. The van der Waals surface area contributed by atoms with E-state index in [4.69, 9.17) is 5.11 Å². The average molecular weight is 298 g/mol. The maximum absolute atomic E-state index is 12.8. The van der Waals surface area contributed by atoms with Crippen molar-refractivity contribution in [3.63, 3.8) is 0 Å². The monoisotopic (exact) mass is 298 g/mol. The Morgan fingerprint density at radius 3 is 2.43 bits per heavy atom. The quantitative estimate of drug-likeness (QED) is 0.906. The molecule has 1 unspecified atom stereocenters. The lowest BCUT2D eigenvalue weighted by molar-refractivity contribution is -0.138. The lowest BCUT2D eigenvalue weighted by Gasteiger charge is -2.37. The van der Waals surface area contributed by atoms with Gasteiger partial charge < -0.3 is 10.0 Å². The van der Waals surface area contributed by atoms with Crippen LogP contribution in [-0.2, 0) is 4.79 Å². The van der Waals surface area contributed by atoms with E-state index < -0.39 is 12.4 Å². The number of carboxylic acid groups (broad SMARTS) is 1. The van der Waals surface area contributed by atoms with E-state index >= 15 is 0 Å². The van der Waals surface area contributed by atoms with Gasteiger partial charge in [-0.05, 0) is 18.7 Å². The molecule has 1 aliphatic rings. The Hall–Kier alpha value is -1.53. The van der Waals surface area contributed by atoms with Crippen molar-refractivity contribution in [2.75, 3.05) is 33.2 Å². The highest BCUT2D eigenvalue weighted by molar-refractivity contribution is 5.68. The Morgan fingerprint density at radius 2 is 1.86 bits per heavy atom. The van der Waals surface area contributed by atoms with E-state index in [-0.39, 0.29) is 18.0 Å². The number of halogens is 2. The molecule has 1 heterocycles. The van der Waals surface area contributed by atoms with Crippen molar-refractivity contribution in [2.45, 2.75) is 18.9 Å². The van der Waals surface area contributed by atoms with E-state index in [0.29, 0.717) is 5.56 Å². The van der Waals surface area contributed by atoms with Crippen LogP contribution in [0.5, 0.6) is 0 Å². The van der Waals surface area contributed by atoms with E-state index in [1.54, 1.807) is 12.1 Å². The fraction of sp³-hybridized carbons (Fsp3) is 0.533. The molecule has 1 saturated heterocycles. The predicted molar refractivity (Wildman–Crippen MR) is 75.5 cm³/mol. The van der Waals surface area contributed by atoms with Crippen LogP contribution in [0.25, 0.3) is 0 Å². The number of alkyl halides is 2. The second-order valence-corrected chi connectivity index (χ2v) is 5.42. The summed E-state index contributed by atoms with van der Waals surface area (Å²) in [5.74, 6) is -0.915. The van der Waals surface area contributed by atoms with Gasteiger partial charge >= 0.3 is 5.97 Å². The maximum Gasteiger partial charge on any atom is 0.305 e. The minimum atomic E-state index is -2.54. The molecule has 4 nitrogen and oxygen atoms in total. The molecule has 1 aromatic rings. The van der Waals surface area contributed by atoms with Gasteiger partial charge in [0.25, 0.3) is 6.43 Å². The number of rotatable bonds is 5. The standard InChI is InChI=1S/C15H20F2N2O2/c1-18-5-7-19(8-6-18)13(10-14(20)21)11-3-2-4-12(9-11)15(16)17/h2-4,9,13,15H,5-8,10H2,1H3,(H,20,21). The summed E-state index contributed by atoms with van der Waals surface area (Å²) in [5, 5.41) is 9.12. The van der Waals surface area contributed by atoms with E-state index in [1.807, 2.05) is 7.05 Å². The number of carboxylic acids is 1. The highest BCUT2D eigenvalue weighted by Crippen LogP contribution is 2.29. The molecule has 1 fully saturated rings. The van der Waals surface area contributed by atoms with Crippen molar-refractivity contribution in [3.8, 4) is 0 Å². The molecule has 1 N–H and O–H groups in total. The summed E-state index contributed by atoms with van der Waals surface area (Å²) in [6.07, 6.45) is -2.61. The summed E-state index contributed by atoms with van der Waals surface area (Å²) in [6, 6.07) is 5.75. The van der Waals surface area contributed by atoms with E-state index in [2.05, 4.69) is 9.80 Å². The van der Waals surface area contributed by atoms with Crippen molar-refractivity contribution in [3.05, 3.63) is 35.4 Å². The lowest BCUT2D eigenvalue weighted by atomic mass is 9.99. The lowest BCUT2D eigenvalue weighted by Crippen LogP contribution is -2.46. The van der Waals surface area contributed by atoms with Gasteiger partial charge in [0.1, 0.15) is 0 Å². The molecular weight excluding hydrogens is 278 g/mol. The Balaban J connectivity index is 2.23. The Bertz CT molecular complexity index is 488. The van der Waals surface area contributed by atoms with Crippen molar-refractivity contribution >= 4 is 5.97 Å². The van der Waals surface area contributed by atoms with Gasteiger partial charge in [0.05, 0.1) is 6.42 Å². The van der Waals surface area contributed by atoms with Crippen molar-refractivity contribution < 1.29 is 18.7 Å². The molecule has 0 spiro atoms. The van der Waals surface area contributed by atoms with Gasteiger partial charge in [-0.2, -0.15) is 0 Å². The van der Waals surface area contributed by atoms with Crippen LogP contribution in [0.2, 0.25) is 0 Å². The fourth-order valence-electron chi connectivity index (χ4n) is 2.66. The van der Waals surface area contributed by atoms with E-state index in [0.717, 1.165) is 26.2 Å². The third-order valence-electron chi connectivity index (χ3n) is 3.89. The molecule has 0 aromatic heterocycles. The molecule has 21 heavy (non-hydrogen) atoms. The number of benzene rings is 1. The van der Waals surface area contributed by atoms with Crippen LogP contribution in [-0.4, -0.2) is 54.1 Å². The second-order valence-electron chi connectivity index (χ2n) is 5.42. The number of likely N-dealkylation sites (N-methyl/N-ethyl adjacent to an activating group) is 1. The van der Waals surface area contributed by atoms with Crippen LogP contribution >= 0.6 is 0 Å². The van der Waals surface area contributed by atoms with Crippen molar-refractivity contribution in [1.82, 2.24) is 9.80 Å². The Morgan fingerprint density at radius 1 is 1.24 bits per heavy atom. The molecule has 0 amide bonds.